The highest BCUT2D eigenvalue weighted by Crippen LogP contribution is 2.45. The van der Waals surface area contributed by atoms with Gasteiger partial charge in [-0.15, -0.1) is 6.58 Å². The molecule has 162 valence electrons. The molecule has 0 nitrogen and oxygen atoms in total. The zero-order chi connectivity index (χ0) is 21.0. The highest BCUT2D eigenvalue weighted by molar-refractivity contribution is 5.30. The first-order valence-electron chi connectivity index (χ1n) is 11.0. The molecule has 0 spiro atoms. The van der Waals surface area contributed by atoms with Crippen LogP contribution in [0.3, 0.4) is 0 Å². The Bertz CT molecular complexity index is 654. The molecule has 1 aromatic rings. The van der Waals surface area contributed by atoms with E-state index in [-0.39, 0.29) is 5.92 Å². The summed E-state index contributed by atoms with van der Waals surface area (Å²) in [7, 11) is 0. The van der Waals surface area contributed by atoms with Gasteiger partial charge in [-0.1, -0.05) is 25.3 Å². The van der Waals surface area contributed by atoms with Crippen LogP contribution >= 0.6 is 0 Å². The molecule has 0 bridgehead atoms. The summed E-state index contributed by atoms with van der Waals surface area (Å²) in [5.41, 5.74) is -1.41. The molecule has 1 aromatic carbocycles. The van der Waals surface area contributed by atoms with E-state index in [4.69, 9.17) is 0 Å². The van der Waals surface area contributed by atoms with Crippen LogP contribution in [0.4, 0.5) is 22.0 Å². The molecule has 2 fully saturated rings. The van der Waals surface area contributed by atoms with E-state index in [1.165, 1.54) is 38.5 Å². The number of hydrogen-bond acceptors (Lipinski definition) is 0. The van der Waals surface area contributed by atoms with Crippen LogP contribution in [0.25, 0.3) is 0 Å². The lowest BCUT2D eigenvalue weighted by atomic mass is 9.68. The van der Waals surface area contributed by atoms with Crippen LogP contribution in [-0.4, -0.2) is 0 Å². The van der Waals surface area contributed by atoms with Gasteiger partial charge in [-0.05, 0) is 92.7 Å². The van der Waals surface area contributed by atoms with Crippen molar-refractivity contribution in [3.63, 3.8) is 0 Å². The number of benzene rings is 1. The average molecular weight is 415 g/mol. The van der Waals surface area contributed by atoms with Gasteiger partial charge in [0.15, 0.2) is 0 Å². The van der Waals surface area contributed by atoms with Gasteiger partial charge in [0.05, 0.1) is 0 Å². The second-order valence-corrected chi connectivity index (χ2v) is 8.97. The summed E-state index contributed by atoms with van der Waals surface area (Å²) in [5.74, 6) is -0.834. The van der Waals surface area contributed by atoms with E-state index in [9.17, 15) is 22.0 Å². The normalized spacial score (nSPS) is 28.3. The number of alkyl halides is 3. The van der Waals surface area contributed by atoms with E-state index in [0.29, 0.717) is 11.5 Å². The second-order valence-electron chi connectivity index (χ2n) is 8.97. The van der Waals surface area contributed by atoms with Crippen LogP contribution in [0, 0.1) is 29.4 Å². The Kier molecular flexibility index (Phi) is 7.39. The molecule has 0 unspecified atom stereocenters. The van der Waals surface area contributed by atoms with Crippen molar-refractivity contribution in [3.8, 4) is 0 Å². The van der Waals surface area contributed by atoms with Crippen molar-refractivity contribution in [2.45, 2.75) is 82.7 Å². The SMILES string of the molecule is C=CCCC[C@H]1CC[C@H]([C@H]2CC[C@H](c3cc(F)c(C(F)(F)F)c(F)c3)CC2)CC1. The van der Waals surface area contributed by atoms with Crippen LogP contribution in [-0.2, 0) is 6.18 Å². The molecule has 29 heavy (non-hydrogen) atoms. The summed E-state index contributed by atoms with van der Waals surface area (Å²) >= 11 is 0. The summed E-state index contributed by atoms with van der Waals surface area (Å²) in [6, 6.07) is 1.79. The quantitative estimate of drug-likeness (QED) is 0.249. The van der Waals surface area contributed by atoms with E-state index in [2.05, 4.69) is 6.58 Å². The van der Waals surface area contributed by atoms with E-state index in [1.807, 2.05) is 6.08 Å². The van der Waals surface area contributed by atoms with E-state index in [0.717, 1.165) is 56.1 Å². The van der Waals surface area contributed by atoms with Crippen molar-refractivity contribution >= 4 is 0 Å². The Morgan fingerprint density at radius 3 is 1.86 bits per heavy atom. The molecular formula is C24H31F5. The molecule has 0 aliphatic heterocycles. The summed E-state index contributed by atoms with van der Waals surface area (Å²) in [4.78, 5) is 0. The second kappa shape index (κ2) is 9.61. The Hall–Kier alpha value is -1.39. The third kappa shape index (κ3) is 5.61. The minimum Gasteiger partial charge on any atom is -0.206 e. The zero-order valence-corrected chi connectivity index (χ0v) is 16.9. The number of unbranched alkanes of at least 4 members (excludes halogenated alkanes) is 1. The van der Waals surface area contributed by atoms with Crippen LogP contribution in [0.15, 0.2) is 24.8 Å². The molecule has 0 radical (unpaired) electrons. The summed E-state index contributed by atoms with van der Waals surface area (Å²) in [5, 5.41) is 0. The first-order chi connectivity index (χ1) is 13.8. The molecule has 2 saturated carbocycles. The van der Waals surface area contributed by atoms with Gasteiger partial charge >= 0.3 is 6.18 Å². The van der Waals surface area contributed by atoms with Crippen molar-refractivity contribution in [3.05, 3.63) is 47.5 Å². The van der Waals surface area contributed by atoms with Crippen LogP contribution in [0.2, 0.25) is 0 Å². The van der Waals surface area contributed by atoms with Gasteiger partial charge in [0, 0.05) is 0 Å². The fourth-order valence-corrected chi connectivity index (χ4v) is 5.52. The zero-order valence-electron chi connectivity index (χ0n) is 16.9. The van der Waals surface area contributed by atoms with Gasteiger partial charge < -0.3 is 0 Å². The molecular weight excluding hydrogens is 383 g/mol. The lowest BCUT2D eigenvalue weighted by Gasteiger charge is -2.38. The Labute approximate surface area is 170 Å². The van der Waals surface area contributed by atoms with Gasteiger partial charge in [-0.3, -0.25) is 0 Å². The Morgan fingerprint density at radius 1 is 0.862 bits per heavy atom. The number of allylic oxidation sites excluding steroid dienone is 1. The third-order valence-electron chi connectivity index (χ3n) is 7.17. The Morgan fingerprint density at radius 2 is 1.38 bits per heavy atom. The molecule has 5 heteroatoms. The number of halogens is 5. The van der Waals surface area contributed by atoms with Crippen molar-refractivity contribution in [2.24, 2.45) is 17.8 Å². The van der Waals surface area contributed by atoms with Crippen LogP contribution in [0.1, 0.15) is 87.7 Å². The van der Waals surface area contributed by atoms with Crippen molar-refractivity contribution in [1.29, 1.82) is 0 Å². The molecule has 0 aromatic heterocycles. The largest absolute Gasteiger partial charge is 0.422 e. The topological polar surface area (TPSA) is 0 Å². The lowest BCUT2D eigenvalue weighted by molar-refractivity contribution is -0.142. The van der Waals surface area contributed by atoms with Crippen LogP contribution < -0.4 is 0 Å². The summed E-state index contributed by atoms with van der Waals surface area (Å²) < 4.78 is 66.1. The fraction of sp³-hybridized carbons (Fsp3) is 0.667. The lowest BCUT2D eigenvalue weighted by Crippen LogP contribution is -2.25. The maximum Gasteiger partial charge on any atom is 0.422 e. The molecule has 0 atom stereocenters. The number of hydrogen-bond donors (Lipinski definition) is 0. The first kappa shape index (κ1) is 22.3. The fourth-order valence-electron chi connectivity index (χ4n) is 5.52. The highest BCUT2D eigenvalue weighted by Gasteiger charge is 2.39. The van der Waals surface area contributed by atoms with Gasteiger partial charge in [-0.25, -0.2) is 8.78 Å². The molecule has 2 aliphatic rings. The summed E-state index contributed by atoms with van der Waals surface area (Å²) in [6.45, 7) is 3.78. The predicted molar refractivity (Wildman–Crippen MR) is 106 cm³/mol. The van der Waals surface area contributed by atoms with Gasteiger partial charge in [-0.2, -0.15) is 13.2 Å². The van der Waals surface area contributed by atoms with E-state index < -0.39 is 23.4 Å². The molecule has 2 aliphatic carbocycles. The third-order valence-corrected chi connectivity index (χ3v) is 7.17. The Balaban J connectivity index is 1.52. The van der Waals surface area contributed by atoms with E-state index >= 15 is 0 Å². The number of rotatable bonds is 6. The first-order valence-corrected chi connectivity index (χ1v) is 11.0. The summed E-state index contributed by atoms with van der Waals surface area (Å²) in [6.07, 6.45) is 9.29. The minimum absolute atomic E-state index is 0.0484. The minimum atomic E-state index is -5.01. The van der Waals surface area contributed by atoms with Crippen molar-refractivity contribution < 1.29 is 22.0 Å². The molecule has 0 N–H and O–H groups in total. The molecule has 0 heterocycles. The maximum absolute atomic E-state index is 13.9. The molecule has 0 saturated heterocycles. The van der Waals surface area contributed by atoms with E-state index in [1.54, 1.807) is 0 Å². The van der Waals surface area contributed by atoms with Gasteiger partial charge in [0.1, 0.15) is 17.2 Å². The predicted octanol–water partition coefficient (Wildman–Crippen LogP) is 8.42. The smallest absolute Gasteiger partial charge is 0.206 e. The maximum atomic E-state index is 13.9. The molecule has 3 rings (SSSR count). The van der Waals surface area contributed by atoms with Crippen molar-refractivity contribution in [1.82, 2.24) is 0 Å². The van der Waals surface area contributed by atoms with Crippen molar-refractivity contribution in [2.75, 3.05) is 0 Å². The average Bonchev–Trinajstić information content (AvgIpc) is 2.67. The van der Waals surface area contributed by atoms with Gasteiger partial charge in [0.2, 0.25) is 0 Å². The standard InChI is InChI=1S/C24H31F5/c1-2-3-4-5-16-6-8-17(9-7-16)18-10-12-19(13-11-18)20-14-21(25)23(22(26)15-20)24(27,28)29/h2,14-19H,1,3-13H2/t16-,17-,18-,19-. The van der Waals surface area contributed by atoms with Gasteiger partial charge in [0.25, 0.3) is 0 Å². The highest BCUT2D eigenvalue weighted by atomic mass is 19.4. The monoisotopic (exact) mass is 414 g/mol. The molecule has 0 amide bonds. The van der Waals surface area contributed by atoms with Crippen LogP contribution in [0.5, 0.6) is 0 Å².